The number of carbonyl (C=O) groups excluding carboxylic acids is 1. The molecule has 1 aliphatic rings. The molecule has 1 aliphatic heterocycles. The van der Waals surface area contributed by atoms with Crippen molar-refractivity contribution < 1.29 is 23.3 Å². The molecular formula is C8H16NO5P. The van der Waals surface area contributed by atoms with Gasteiger partial charge in [0.2, 0.25) is 5.91 Å². The molecule has 1 saturated heterocycles. The van der Waals surface area contributed by atoms with Gasteiger partial charge in [-0.1, -0.05) is 6.92 Å². The van der Waals surface area contributed by atoms with Crippen molar-refractivity contribution in [1.82, 2.24) is 5.32 Å². The highest BCUT2D eigenvalue weighted by molar-refractivity contribution is 7.47. The van der Waals surface area contributed by atoms with Gasteiger partial charge in [0, 0.05) is 6.92 Å². The van der Waals surface area contributed by atoms with Crippen molar-refractivity contribution in [1.29, 1.82) is 0 Å². The third-order valence-corrected chi connectivity index (χ3v) is 3.01. The van der Waals surface area contributed by atoms with Gasteiger partial charge in [0.25, 0.3) is 0 Å². The van der Waals surface area contributed by atoms with Crippen molar-refractivity contribution in [2.45, 2.75) is 26.3 Å². The van der Waals surface area contributed by atoms with Gasteiger partial charge in [-0.05, 0) is 12.3 Å². The Morgan fingerprint density at radius 1 is 1.47 bits per heavy atom. The predicted molar refractivity (Wildman–Crippen MR) is 53.1 cm³/mol. The van der Waals surface area contributed by atoms with Gasteiger partial charge in [0.1, 0.15) is 0 Å². The van der Waals surface area contributed by atoms with E-state index < -0.39 is 7.82 Å². The summed E-state index contributed by atoms with van der Waals surface area (Å²) in [5.74, 6) is -0.0729. The maximum Gasteiger partial charge on any atom is 0.472 e. The maximum atomic E-state index is 11.2. The fourth-order valence-electron chi connectivity index (χ4n) is 1.45. The van der Waals surface area contributed by atoms with Gasteiger partial charge in [-0.25, -0.2) is 4.57 Å². The van der Waals surface area contributed by atoms with Crippen LogP contribution >= 0.6 is 7.82 Å². The van der Waals surface area contributed by atoms with E-state index in [0.29, 0.717) is 6.42 Å². The van der Waals surface area contributed by atoms with Crippen LogP contribution in [-0.2, 0) is 18.4 Å². The average Bonchev–Trinajstić information content (AvgIpc) is 2.09. The SMILES string of the molecule is CC(=O)NC1COP(=O)(O)OCC(C)C1. The zero-order valence-electron chi connectivity index (χ0n) is 8.80. The first-order valence-corrected chi connectivity index (χ1v) is 6.27. The third kappa shape index (κ3) is 4.75. The van der Waals surface area contributed by atoms with Crippen LogP contribution in [0.3, 0.4) is 0 Å². The van der Waals surface area contributed by atoms with Crippen LogP contribution in [0.5, 0.6) is 0 Å². The lowest BCUT2D eigenvalue weighted by Gasteiger charge is -2.26. The van der Waals surface area contributed by atoms with Gasteiger partial charge in [-0.15, -0.1) is 0 Å². The molecule has 3 atom stereocenters. The lowest BCUT2D eigenvalue weighted by molar-refractivity contribution is -0.120. The molecule has 1 heterocycles. The number of amides is 1. The average molecular weight is 237 g/mol. The fourth-order valence-corrected chi connectivity index (χ4v) is 2.34. The van der Waals surface area contributed by atoms with Crippen molar-refractivity contribution >= 4 is 13.7 Å². The van der Waals surface area contributed by atoms with Crippen LogP contribution in [0.15, 0.2) is 0 Å². The minimum atomic E-state index is -3.93. The van der Waals surface area contributed by atoms with Gasteiger partial charge < -0.3 is 10.2 Å². The highest BCUT2D eigenvalue weighted by atomic mass is 31.2. The normalized spacial score (nSPS) is 37.8. The van der Waals surface area contributed by atoms with Gasteiger partial charge in [-0.2, -0.15) is 0 Å². The first-order chi connectivity index (χ1) is 6.89. The molecule has 1 rings (SSSR count). The van der Waals surface area contributed by atoms with Gasteiger partial charge >= 0.3 is 7.82 Å². The van der Waals surface area contributed by atoms with Gasteiger partial charge in [0.15, 0.2) is 0 Å². The molecule has 0 saturated carbocycles. The highest BCUT2D eigenvalue weighted by Crippen LogP contribution is 2.44. The van der Waals surface area contributed by atoms with E-state index in [1.807, 2.05) is 6.92 Å². The van der Waals surface area contributed by atoms with Crippen LogP contribution in [0.25, 0.3) is 0 Å². The van der Waals surface area contributed by atoms with Crippen LogP contribution in [-0.4, -0.2) is 30.1 Å². The first-order valence-electron chi connectivity index (χ1n) is 4.78. The monoisotopic (exact) mass is 237 g/mol. The molecule has 1 amide bonds. The van der Waals surface area contributed by atoms with E-state index in [0.717, 1.165) is 0 Å². The van der Waals surface area contributed by atoms with Crippen molar-refractivity contribution in [3.05, 3.63) is 0 Å². The Balaban J connectivity index is 2.58. The Morgan fingerprint density at radius 2 is 2.07 bits per heavy atom. The second-order valence-corrected chi connectivity index (χ2v) is 5.25. The van der Waals surface area contributed by atoms with Gasteiger partial charge in [-0.3, -0.25) is 13.8 Å². The minimum absolute atomic E-state index is 0.00228. The predicted octanol–water partition coefficient (Wildman–Crippen LogP) is 0.664. The fraction of sp³-hybridized carbons (Fsp3) is 0.875. The first kappa shape index (κ1) is 12.6. The van der Waals surface area contributed by atoms with Crippen molar-refractivity contribution in [2.24, 2.45) is 5.92 Å². The van der Waals surface area contributed by atoms with Crippen molar-refractivity contribution in [3.8, 4) is 0 Å². The molecule has 1 fully saturated rings. The summed E-state index contributed by atoms with van der Waals surface area (Å²) in [7, 11) is -3.93. The molecule has 15 heavy (non-hydrogen) atoms. The maximum absolute atomic E-state index is 11.2. The van der Waals surface area contributed by atoms with Crippen LogP contribution < -0.4 is 5.32 Å². The number of rotatable bonds is 1. The third-order valence-electron chi connectivity index (χ3n) is 2.06. The molecule has 0 bridgehead atoms. The summed E-state index contributed by atoms with van der Waals surface area (Å²) in [6.45, 7) is 3.44. The van der Waals surface area contributed by atoms with E-state index in [-0.39, 0.29) is 31.1 Å². The van der Waals surface area contributed by atoms with Crippen molar-refractivity contribution in [3.63, 3.8) is 0 Å². The smallest absolute Gasteiger partial charge is 0.351 e. The molecule has 7 heteroatoms. The summed E-state index contributed by atoms with van der Waals surface area (Å²) in [5.41, 5.74) is 0. The molecule has 0 radical (unpaired) electrons. The Morgan fingerprint density at radius 3 is 2.67 bits per heavy atom. The van der Waals surface area contributed by atoms with E-state index in [4.69, 9.17) is 13.9 Å². The van der Waals surface area contributed by atoms with Crippen LogP contribution in [0.1, 0.15) is 20.3 Å². The Hall–Kier alpha value is -0.420. The molecule has 3 unspecified atom stereocenters. The van der Waals surface area contributed by atoms with E-state index >= 15 is 0 Å². The summed E-state index contributed by atoms with van der Waals surface area (Å²) >= 11 is 0. The highest BCUT2D eigenvalue weighted by Gasteiger charge is 2.28. The van der Waals surface area contributed by atoms with E-state index in [2.05, 4.69) is 5.32 Å². The molecule has 6 nitrogen and oxygen atoms in total. The summed E-state index contributed by atoms with van der Waals surface area (Å²) in [6, 6.07) is -0.234. The topological polar surface area (TPSA) is 84.9 Å². The Kier molecular flexibility index (Phi) is 4.28. The number of nitrogens with one attached hydrogen (secondary N) is 1. The molecule has 0 aromatic heterocycles. The van der Waals surface area contributed by atoms with Crippen LogP contribution in [0.2, 0.25) is 0 Å². The second kappa shape index (κ2) is 5.07. The summed E-state index contributed by atoms with van der Waals surface area (Å²) in [6.07, 6.45) is 0.666. The molecule has 88 valence electrons. The Labute approximate surface area is 88.6 Å². The number of hydrogen-bond acceptors (Lipinski definition) is 4. The molecule has 0 aromatic carbocycles. The minimum Gasteiger partial charge on any atom is -0.351 e. The van der Waals surface area contributed by atoms with E-state index in [1.165, 1.54) is 6.92 Å². The number of hydrogen-bond donors (Lipinski definition) is 2. The zero-order chi connectivity index (χ0) is 11.5. The number of carbonyl (C=O) groups is 1. The summed E-state index contributed by atoms with van der Waals surface area (Å²) in [5, 5.41) is 2.67. The lowest BCUT2D eigenvalue weighted by Crippen LogP contribution is -2.39. The van der Waals surface area contributed by atoms with Gasteiger partial charge in [0.05, 0.1) is 19.3 Å². The largest absolute Gasteiger partial charge is 0.472 e. The second-order valence-electron chi connectivity index (χ2n) is 3.80. The quantitative estimate of drug-likeness (QED) is 0.654. The zero-order valence-corrected chi connectivity index (χ0v) is 9.70. The summed E-state index contributed by atoms with van der Waals surface area (Å²) < 4.78 is 20.6. The van der Waals surface area contributed by atoms with Crippen molar-refractivity contribution in [2.75, 3.05) is 13.2 Å². The van der Waals surface area contributed by atoms with E-state index in [1.54, 1.807) is 0 Å². The Bertz CT molecular complexity index is 282. The number of phosphoric ester groups is 1. The molecule has 0 spiro atoms. The molecule has 0 aromatic rings. The van der Waals surface area contributed by atoms with Crippen LogP contribution in [0, 0.1) is 5.92 Å². The standard InChI is InChI=1S/C8H16NO5P/c1-6-3-8(9-7(2)10)5-14-15(11,12)13-4-6/h6,8H,3-5H2,1-2H3,(H,9,10)(H,11,12). The molecular weight excluding hydrogens is 221 g/mol. The van der Waals surface area contributed by atoms with E-state index in [9.17, 15) is 9.36 Å². The van der Waals surface area contributed by atoms with Crippen LogP contribution in [0.4, 0.5) is 0 Å². The number of phosphoric acid groups is 1. The summed E-state index contributed by atoms with van der Waals surface area (Å²) in [4.78, 5) is 20.0. The molecule has 0 aliphatic carbocycles. The lowest BCUT2D eigenvalue weighted by atomic mass is 10.0. The molecule has 2 N–H and O–H groups in total.